The standard InChI is InChI=1S/C26H16FN5O3/c27-17-3-5-18(6-4-17)32-13-1-2-21(26(32)34)25(33)31-22-8-7-19(14-16(22)15-28)35-23-10-12-30-24-20(23)9-11-29-24/h1-14H,(H,29,30)(H,31,33). The van der Waals surface area contributed by atoms with E-state index in [2.05, 4.69) is 15.3 Å². The molecular weight excluding hydrogens is 449 g/mol. The molecular formula is C26H16FN5O3. The molecule has 8 nitrogen and oxygen atoms in total. The highest BCUT2D eigenvalue weighted by Gasteiger charge is 2.16. The number of pyridine rings is 2. The van der Waals surface area contributed by atoms with Crippen LogP contribution in [0.15, 0.2) is 90.1 Å². The molecule has 0 radical (unpaired) electrons. The number of hydrogen-bond donors (Lipinski definition) is 2. The quantitative estimate of drug-likeness (QED) is 0.388. The normalized spacial score (nSPS) is 10.6. The van der Waals surface area contributed by atoms with E-state index in [-0.39, 0.29) is 16.8 Å². The Morgan fingerprint density at radius 2 is 1.94 bits per heavy atom. The van der Waals surface area contributed by atoms with Crippen LogP contribution in [0, 0.1) is 17.1 Å². The number of H-pyrrole nitrogens is 1. The summed E-state index contributed by atoms with van der Waals surface area (Å²) < 4.78 is 20.4. The lowest BCUT2D eigenvalue weighted by atomic mass is 10.1. The van der Waals surface area contributed by atoms with Gasteiger partial charge in [0.05, 0.1) is 16.6 Å². The second-order valence-electron chi connectivity index (χ2n) is 7.50. The second kappa shape index (κ2) is 8.96. The van der Waals surface area contributed by atoms with Crippen molar-refractivity contribution in [2.45, 2.75) is 0 Å². The summed E-state index contributed by atoms with van der Waals surface area (Å²) in [5.41, 5.74) is 0.753. The number of nitrogens with one attached hydrogen (secondary N) is 2. The van der Waals surface area contributed by atoms with Gasteiger partial charge in [-0.3, -0.25) is 14.2 Å². The summed E-state index contributed by atoms with van der Waals surface area (Å²) in [5.74, 6) is -0.164. The minimum Gasteiger partial charge on any atom is -0.456 e. The molecule has 5 rings (SSSR count). The topological polar surface area (TPSA) is 113 Å². The number of aromatic amines is 1. The highest BCUT2D eigenvalue weighted by Crippen LogP contribution is 2.30. The number of fused-ring (bicyclic) bond motifs is 1. The molecule has 0 atom stereocenters. The van der Waals surface area contributed by atoms with Crippen molar-refractivity contribution in [1.82, 2.24) is 14.5 Å². The van der Waals surface area contributed by atoms with Crippen molar-refractivity contribution in [2.24, 2.45) is 0 Å². The van der Waals surface area contributed by atoms with Gasteiger partial charge in [-0.05, 0) is 60.7 Å². The molecule has 0 saturated carbocycles. The maximum Gasteiger partial charge on any atom is 0.267 e. The number of amides is 1. The van der Waals surface area contributed by atoms with E-state index in [4.69, 9.17) is 4.74 Å². The predicted molar refractivity (Wildman–Crippen MR) is 127 cm³/mol. The number of nitrogens with zero attached hydrogens (tertiary/aromatic N) is 3. The zero-order chi connectivity index (χ0) is 24.4. The van der Waals surface area contributed by atoms with Gasteiger partial charge in [0.1, 0.15) is 34.6 Å². The van der Waals surface area contributed by atoms with Crippen molar-refractivity contribution in [3.63, 3.8) is 0 Å². The monoisotopic (exact) mass is 465 g/mol. The molecule has 0 aliphatic heterocycles. The van der Waals surface area contributed by atoms with Crippen molar-refractivity contribution in [3.05, 3.63) is 113 Å². The van der Waals surface area contributed by atoms with Crippen molar-refractivity contribution in [3.8, 4) is 23.3 Å². The first-order valence-corrected chi connectivity index (χ1v) is 10.5. The van der Waals surface area contributed by atoms with Crippen LogP contribution in [0.25, 0.3) is 16.7 Å². The number of hydrogen-bond acceptors (Lipinski definition) is 5. The molecule has 3 heterocycles. The van der Waals surface area contributed by atoms with Gasteiger partial charge in [-0.15, -0.1) is 0 Å². The SMILES string of the molecule is N#Cc1cc(Oc2ccnc3[nH]ccc23)ccc1NC(=O)c1cccn(-c2ccc(F)cc2)c1=O. The van der Waals surface area contributed by atoms with E-state index < -0.39 is 17.3 Å². The highest BCUT2D eigenvalue weighted by atomic mass is 19.1. The van der Waals surface area contributed by atoms with Crippen LogP contribution in [0.4, 0.5) is 10.1 Å². The van der Waals surface area contributed by atoms with E-state index in [1.165, 1.54) is 59.3 Å². The summed E-state index contributed by atoms with van der Waals surface area (Å²) in [5, 5.41) is 13.0. The van der Waals surface area contributed by atoms with E-state index >= 15 is 0 Å². The van der Waals surface area contributed by atoms with Crippen LogP contribution in [0.5, 0.6) is 11.5 Å². The lowest BCUT2D eigenvalue weighted by molar-refractivity contribution is 0.102. The maximum absolute atomic E-state index is 13.2. The number of rotatable bonds is 5. The van der Waals surface area contributed by atoms with E-state index in [0.29, 0.717) is 22.8 Å². The third-order valence-electron chi connectivity index (χ3n) is 5.30. The summed E-state index contributed by atoms with van der Waals surface area (Å²) in [7, 11) is 0. The number of benzene rings is 2. The molecule has 1 amide bonds. The summed E-state index contributed by atoms with van der Waals surface area (Å²) >= 11 is 0. The molecule has 0 aliphatic rings. The molecule has 5 aromatic rings. The first-order valence-electron chi connectivity index (χ1n) is 10.5. The molecule has 0 saturated heterocycles. The van der Waals surface area contributed by atoms with Crippen LogP contribution in [0.2, 0.25) is 0 Å². The van der Waals surface area contributed by atoms with E-state index in [9.17, 15) is 19.2 Å². The fourth-order valence-corrected chi connectivity index (χ4v) is 3.60. The molecule has 2 aromatic carbocycles. The van der Waals surface area contributed by atoms with E-state index in [0.717, 1.165) is 5.39 Å². The van der Waals surface area contributed by atoms with Gasteiger partial charge in [0.15, 0.2) is 0 Å². The lowest BCUT2D eigenvalue weighted by Crippen LogP contribution is -2.28. The number of carbonyl (C=O) groups is 1. The zero-order valence-corrected chi connectivity index (χ0v) is 18.0. The Morgan fingerprint density at radius 1 is 1.11 bits per heavy atom. The minimum absolute atomic E-state index is 0.132. The molecule has 2 N–H and O–H groups in total. The van der Waals surface area contributed by atoms with E-state index in [1.807, 2.05) is 12.1 Å². The maximum atomic E-state index is 13.2. The van der Waals surface area contributed by atoms with Crippen molar-refractivity contribution < 1.29 is 13.9 Å². The van der Waals surface area contributed by atoms with E-state index in [1.54, 1.807) is 24.5 Å². The van der Waals surface area contributed by atoms with Crippen LogP contribution in [-0.4, -0.2) is 20.4 Å². The van der Waals surface area contributed by atoms with Crippen molar-refractivity contribution in [2.75, 3.05) is 5.32 Å². The van der Waals surface area contributed by atoms with Gasteiger partial charge in [-0.25, -0.2) is 9.37 Å². The largest absolute Gasteiger partial charge is 0.456 e. The molecule has 0 unspecified atom stereocenters. The van der Waals surface area contributed by atoms with Crippen LogP contribution in [0.3, 0.4) is 0 Å². The predicted octanol–water partition coefficient (Wildman–Crippen LogP) is 4.77. The molecule has 35 heavy (non-hydrogen) atoms. The van der Waals surface area contributed by atoms with Crippen molar-refractivity contribution >= 4 is 22.6 Å². The van der Waals surface area contributed by atoms with Crippen molar-refractivity contribution in [1.29, 1.82) is 5.26 Å². The first kappa shape index (κ1) is 21.6. The molecule has 0 fully saturated rings. The molecule has 3 aromatic heterocycles. The first-order chi connectivity index (χ1) is 17.0. The zero-order valence-electron chi connectivity index (χ0n) is 18.0. The minimum atomic E-state index is -0.681. The molecule has 9 heteroatoms. The number of carbonyl (C=O) groups excluding carboxylic acids is 1. The third kappa shape index (κ3) is 4.24. The van der Waals surface area contributed by atoms with Gasteiger partial charge in [-0.1, -0.05) is 0 Å². The number of anilines is 1. The Balaban J connectivity index is 1.40. The van der Waals surface area contributed by atoms with Gasteiger partial charge >= 0.3 is 0 Å². The summed E-state index contributed by atoms with van der Waals surface area (Å²) in [6.07, 6.45) is 4.84. The van der Waals surface area contributed by atoms with Crippen LogP contribution >= 0.6 is 0 Å². The Labute approximate surface area is 197 Å². The molecule has 0 aliphatic carbocycles. The Hall–Kier alpha value is -5.23. The summed E-state index contributed by atoms with van der Waals surface area (Å²) in [6, 6.07) is 18.5. The number of ether oxygens (including phenoxy) is 1. The number of nitriles is 1. The van der Waals surface area contributed by atoms with Gasteiger partial charge in [0.25, 0.3) is 11.5 Å². The Bertz CT molecular complexity index is 1670. The fourth-order valence-electron chi connectivity index (χ4n) is 3.60. The fraction of sp³-hybridized carbons (Fsp3) is 0. The lowest BCUT2D eigenvalue weighted by Gasteiger charge is -2.11. The Kier molecular flexibility index (Phi) is 5.53. The van der Waals surface area contributed by atoms with Gasteiger partial charge in [0, 0.05) is 30.3 Å². The molecule has 0 spiro atoms. The summed E-state index contributed by atoms with van der Waals surface area (Å²) in [6.45, 7) is 0. The van der Waals surface area contributed by atoms with Gasteiger partial charge < -0.3 is 15.0 Å². The Morgan fingerprint density at radius 3 is 2.74 bits per heavy atom. The number of halogens is 1. The van der Waals surface area contributed by atoms with Crippen LogP contribution in [-0.2, 0) is 0 Å². The summed E-state index contributed by atoms with van der Waals surface area (Å²) in [4.78, 5) is 33.0. The smallest absolute Gasteiger partial charge is 0.267 e. The highest BCUT2D eigenvalue weighted by molar-refractivity contribution is 6.04. The van der Waals surface area contributed by atoms with Gasteiger partial charge in [-0.2, -0.15) is 5.26 Å². The third-order valence-corrected chi connectivity index (χ3v) is 5.30. The average Bonchev–Trinajstić information content (AvgIpc) is 3.36. The van der Waals surface area contributed by atoms with Crippen LogP contribution < -0.4 is 15.6 Å². The number of aromatic nitrogens is 3. The molecule has 170 valence electrons. The van der Waals surface area contributed by atoms with Crippen LogP contribution in [0.1, 0.15) is 15.9 Å². The average molecular weight is 465 g/mol. The second-order valence-corrected chi connectivity index (χ2v) is 7.50. The molecule has 0 bridgehead atoms. The van der Waals surface area contributed by atoms with Gasteiger partial charge in [0.2, 0.25) is 0 Å².